The molecule has 27 heavy (non-hydrogen) atoms. The van der Waals surface area contributed by atoms with Gasteiger partial charge >= 0.3 is 0 Å². The van der Waals surface area contributed by atoms with Crippen LogP contribution in [0, 0.1) is 5.41 Å². The quantitative estimate of drug-likeness (QED) is 0.232. The second-order valence-electron chi connectivity index (χ2n) is 6.31. The molecule has 0 aliphatic heterocycles. The van der Waals surface area contributed by atoms with Gasteiger partial charge in [0.2, 0.25) is 5.82 Å². The summed E-state index contributed by atoms with van der Waals surface area (Å²) in [4.78, 5) is 8.98. The molecule has 0 spiro atoms. The third-order valence-corrected chi connectivity index (χ3v) is 4.78. The Balaban J connectivity index is 0.00000364. The molecular formula is C18H31IN6O2. The molecule has 9 heteroatoms. The van der Waals surface area contributed by atoms with Crippen LogP contribution in [0.4, 0.5) is 0 Å². The number of aliphatic imine (C=N–C) groups is 1. The van der Waals surface area contributed by atoms with Crippen molar-refractivity contribution in [3.05, 3.63) is 24.2 Å². The van der Waals surface area contributed by atoms with Crippen LogP contribution in [0.15, 0.2) is 27.8 Å². The van der Waals surface area contributed by atoms with E-state index in [1.54, 1.807) is 12.3 Å². The van der Waals surface area contributed by atoms with Crippen LogP contribution in [0.25, 0.3) is 11.6 Å². The molecule has 0 saturated heterocycles. The van der Waals surface area contributed by atoms with E-state index in [1.165, 1.54) is 0 Å². The van der Waals surface area contributed by atoms with Crippen molar-refractivity contribution in [3.8, 4) is 11.6 Å². The minimum absolute atomic E-state index is 0. The Morgan fingerprint density at radius 3 is 2.67 bits per heavy atom. The summed E-state index contributed by atoms with van der Waals surface area (Å²) in [6.07, 6.45) is 4.38. The molecule has 152 valence electrons. The first-order valence-electron chi connectivity index (χ1n) is 9.24. The summed E-state index contributed by atoms with van der Waals surface area (Å²) in [6, 6.07) is 3.62. The summed E-state index contributed by atoms with van der Waals surface area (Å²) in [5.74, 6) is 2.55. The number of halogens is 1. The Morgan fingerprint density at radius 1 is 1.30 bits per heavy atom. The first-order valence-corrected chi connectivity index (χ1v) is 9.24. The van der Waals surface area contributed by atoms with E-state index < -0.39 is 0 Å². The van der Waals surface area contributed by atoms with Crippen LogP contribution < -0.4 is 10.6 Å². The lowest BCUT2D eigenvalue weighted by atomic mass is 9.79. The second kappa shape index (κ2) is 12.0. The Labute approximate surface area is 177 Å². The van der Waals surface area contributed by atoms with Gasteiger partial charge in [-0.25, -0.2) is 9.98 Å². The van der Waals surface area contributed by atoms with Gasteiger partial charge < -0.3 is 20.2 Å². The van der Waals surface area contributed by atoms with Gasteiger partial charge in [-0.15, -0.1) is 29.1 Å². The standard InChI is InChI=1S/C18H30N6O2.HI/c1-4-18(5-2,9-10-25)13-21-17(19-6-3)20-12-15-22-16(24-23-15)14-8-7-11-26-14;/h7-8,11,25H,4-6,9-10,12-13H2,1-3H3,(H2,19,20,21)(H,22,23,24);1H. The van der Waals surface area contributed by atoms with E-state index in [-0.39, 0.29) is 36.0 Å². The zero-order valence-electron chi connectivity index (χ0n) is 16.3. The molecule has 0 aliphatic rings. The molecule has 8 nitrogen and oxygen atoms in total. The third-order valence-electron chi connectivity index (χ3n) is 4.78. The highest BCUT2D eigenvalue weighted by molar-refractivity contribution is 14.0. The van der Waals surface area contributed by atoms with Crippen LogP contribution in [0.1, 0.15) is 45.9 Å². The second-order valence-corrected chi connectivity index (χ2v) is 6.31. The topological polar surface area (TPSA) is 111 Å². The number of aromatic amines is 1. The predicted molar refractivity (Wildman–Crippen MR) is 117 cm³/mol. The number of nitrogens with one attached hydrogen (secondary N) is 3. The fourth-order valence-electron chi connectivity index (χ4n) is 2.83. The van der Waals surface area contributed by atoms with Crippen LogP contribution in [0.3, 0.4) is 0 Å². The molecule has 0 atom stereocenters. The lowest BCUT2D eigenvalue weighted by molar-refractivity contribution is 0.169. The Hall–Kier alpha value is -1.62. The number of rotatable bonds is 10. The number of aromatic nitrogens is 3. The summed E-state index contributed by atoms with van der Waals surface area (Å²) in [7, 11) is 0. The summed E-state index contributed by atoms with van der Waals surface area (Å²) in [5.41, 5.74) is 0.0731. The van der Waals surface area contributed by atoms with Gasteiger partial charge in [0.1, 0.15) is 12.4 Å². The van der Waals surface area contributed by atoms with E-state index in [2.05, 4.69) is 44.7 Å². The van der Waals surface area contributed by atoms with Crippen LogP contribution in [-0.4, -0.2) is 45.9 Å². The van der Waals surface area contributed by atoms with Gasteiger partial charge in [0.25, 0.3) is 0 Å². The van der Waals surface area contributed by atoms with Crippen LogP contribution in [0.5, 0.6) is 0 Å². The normalized spacial score (nSPS) is 11.9. The van der Waals surface area contributed by atoms with Crippen molar-refractivity contribution in [2.45, 2.75) is 46.6 Å². The van der Waals surface area contributed by atoms with Crippen LogP contribution >= 0.6 is 24.0 Å². The highest BCUT2D eigenvalue weighted by Crippen LogP contribution is 2.29. The molecule has 0 bridgehead atoms. The van der Waals surface area contributed by atoms with E-state index in [4.69, 9.17) is 4.42 Å². The maximum Gasteiger partial charge on any atom is 0.216 e. The molecule has 4 N–H and O–H groups in total. The number of nitrogens with zero attached hydrogens (tertiary/aromatic N) is 3. The monoisotopic (exact) mass is 490 g/mol. The minimum Gasteiger partial charge on any atom is -0.461 e. The first kappa shape index (κ1) is 23.4. The molecule has 2 aromatic heterocycles. The lowest BCUT2D eigenvalue weighted by Gasteiger charge is -2.32. The molecule has 0 amide bonds. The molecule has 0 saturated carbocycles. The maximum absolute atomic E-state index is 9.36. The third kappa shape index (κ3) is 6.80. The lowest BCUT2D eigenvalue weighted by Crippen LogP contribution is -2.43. The largest absolute Gasteiger partial charge is 0.461 e. The average Bonchev–Trinajstić information content (AvgIpc) is 3.34. The molecule has 2 aromatic rings. The maximum atomic E-state index is 9.36. The summed E-state index contributed by atoms with van der Waals surface area (Å²) in [6.45, 7) is 8.47. The highest BCUT2D eigenvalue weighted by Gasteiger charge is 2.25. The zero-order valence-corrected chi connectivity index (χ0v) is 18.6. The van der Waals surface area contributed by atoms with Crippen LogP contribution in [-0.2, 0) is 6.54 Å². The van der Waals surface area contributed by atoms with Crippen molar-refractivity contribution < 1.29 is 9.52 Å². The van der Waals surface area contributed by atoms with Crippen molar-refractivity contribution in [3.63, 3.8) is 0 Å². The number of hydrogen-bond acceptors (Lipinski definition) is 5. The predicted octanol–water partition coefficient (Wildman–Crippen LogP) is 2.93. The molecule has 0 radical (unpaired) electrons. The number of aliphatic hydroxyl groups is 1. The van der Waals surface area contributed by atoms with E-state index in [0.717, 1.165) is 38.3 Å². The van der Waals surface area contributed by atoms with Crippen molar-refractivity contribution in [2.75, 3.05) is 19.7 Å². The van der Waals surface area contributed by atoms with Gasteiger partial charge in [-0.3, -0.25) is 5.10 Å². The highest BCUT2D eigenvalue weighted by atomic mass is 127. The smallest absolute Gasteiger partial charge is 0.216 e. The fraction of sp³-hybridized carbons (Fsp3) is 0.611. The number of guanidine groups is 1. The van der Waals surface area contributed by atoms with Gasteiger partial charge in [-0.05, 0) is 43.7 Å². The van der Waals surface area contributed by atoms with Crippen molar-refractivity contribution in [1.82, 2.24) is 25.8 Å². The zero-order chi connectivity index (χ0) is 18.8. The Bertz CT molecular complexity index is 667. The first-order chi connectivity index (χ1) is 12.7. The molecule has 2 rings (SSSR count). The van der Waals surface area contributed by atoms with Gasteiger partial charge in [-0.1, -0.05) is 13.8 Å². The van der Waals surface area contributed by atoms with Gasteiger partial charge in [0.15, 0.2) is 11.7 Å². The molecule has 0 aliphatic carbocycles. The fourth-order valence-corrected chi connectivity index (χ4v) is 2.83. The number of hydrogen-bond donors (Lipinski definition) is 4. The van der Waals surface area contributed by atoms with E-state index in [1.807, 2.05) is 13.0 Å². The Morgan fingerprint density at radius 2 is 2.07 bits per heavy atom. The van der Waals surface area contributed by atoms with Gasteiger partial charge in [0.05, 0.1) is 6.26 Å². The van der Waals surface area contributed by atoms with Crippen LogP contribution in [0.2, 0.25) is 0 Å². The molecule has 0 aromatic carbocycles. The number of aliphatic hydroxyl groups excluding tert-OH is 1. The molecule has 2 heterocycles. The number of H-pyrrole nitrogens is 1. The summed E-state index contributed by atoms with van der Waals surface area (Å²) in [5, 5.41) is 23.1. The van der Waals surface area contributed by atoms with E-state index >= 15 is 0 Å². The SMILES string of the molecule is CCNC(=NCc1nc(-c2ccco2)n[nH]1)NCC(CC)(CC)CCO.I. The van der Waals surface area contributed by atoms with Crippen molar-refractivity contribution in [1.29, 1.82) is 0 Å². The van der Waals surface area contributed by atoms with Gasteiger partial charge in [-0.2, -0.15) is 0 Å². The molecular weight excluding hydrogens is 459 g/mol. The van der Waals surface area contributed by atoms with Crippen molar-refractivity contribution >= 4 is 29.9 Å². The molecule has 0 fully saturated rings. The minimum atomic E-state index is 0. The van der Waals surface area contributed by atoms with E-state index in [9.17, 15) is 5.11 Å². The Kier molecular flexibility index (Phi) is 10.4. The van der Waals surface area contributed by atoms with Crippen molar-refractivity contribution in [2.24, 2.45) is 10.4 Å². The summed E-state index contributed by atoms with van der Waals surface area (Å²) < 4.78 is 5.29. The molecule has 0 unspecified atom stereocenters. The van der Waals surface area contributed by atoms with E-state index in [0.29, 0.717) is 24.0 Å². The summed E-state index contributed by atoms with van der Waals surface area (Å²) >= 11 is 0. The van der Waals surface area contributed by atoms with Gasteiger partial charge in [0, 0.05) is 19.7 Å². The average molecular weight is 490 g/mol. The number of furan rings is 1.